The van der Waals surface area contributed by atoms with E-state index in [4.69, 9.17) is 11.6 Å². The first-order valence-electron chi connectivity index (χ1n) is 5.92. The summed E-state index contributed by atoms with van der Waals surface area (Å²) < 4.78 is 0. The highest BCUT2D eigenvalue weighted by atomic mass is 35.5. The Bertz CT molecular complexity index is 555. The number of rotatable bonds is 5. The van der Waals surface area contributed by atoms with E-state index in [1.807, 2.05) is 0 Å². The lowest BCUT2D eigenvalue weighted by molar-refractivity contribution is 0.0950. The third-order valence-corrected chi connectivity index (χ3v) is 2.87. The Balaban J connectivity index is 1.81. The van der Waals surface area contributed by atoms with Crippen LogP contribution in [0.5, 0.6) is 5.75 Å². The zero-order valence-corrected chi connectivity index (χ0v) is 10.9. The number of aryl methyl sites for hydroxylation is 1. The van der Waals surface area contributed by atoms with Crippen LogP contribution in [0.15, 0.2) is 30.6 Å². The second-order valence-electron chi connectivity index (χ2n) is 4.06. The van der Waals surface area contributed by atoms with Crippen molar-refractivity contribution < 1.29 is 9.90 Å². The Morgan fingerprint density at radius 3 is 3.00 bits per heavy atom. The van der Waals surface area contributed by atoms with Gasteiger partial charge in [0.15, 0.2) is 0 Å². The molecule has 100 valence electrons. The van der Waals surface area contributed by atoms with Crippen LogP contribution in [-0.4, -0.2) is 27.5 Å². The average Bonchev–Trinajstić information content (AvgIpc) is 2.87. The summed E-state index contributed by atoms with van der Waals surface area (Å²) in [5, 5.41) is 12.7. The van der Waals surface area contributed by atoms with Crippen LogP contribution >= 0.6 is 11.6 Å². The van der Waals surface area contributed by atoms with Crippen molar-refractivity contribution >= 4 is 17.5 Å². The molecule has 1 heterocycles. The van der Waals surface area contributed by atoms with Crippen LogP contribution in [0.4, 0.5) is 0 Å². The lowest BCUT2D eigenvalue weighted by Crippen LogP contribution is -2.24. The van der Waals surface area contributed by atoms with E-state index in [1.165, 1.54) is 12.1 Å². The van der Waals surface area contributed by atoms with Crippen molar-refractivity contribution in [3.8, 4) is 5.75 Å². The van der Waals surface area contributed by atoms with Gasteiger partial charge in [0.1, 0.15) is 11.6 Å². The number of halogens is 1. The largest absolute Gasteiger partial charge is 0.507 e. The topological polar surface area (TPSA) is 78.0 Å². The first-order chi connectivity index (χ1) is 9.16. The van der Waals surface area contributed by atoms with E-state index >= 15 is 0 Å². The predicted octanol–water partition coefficient (Wildman–Crippen LogP) is 2.13. The van der Waals surface area contributed by atoms with Crippen LogP contribution in [-0.2, 0) is 6.42 Å². The number of carbonyl (C=O) groups is 1. The normalized spacial score (nSPS) is 10.4. The van der Waals surface area contributed by atoms with E-state index < -0.39 is 0 Å². The molecule has 0 radical (unpaired) electrons. The standard InChI is InChI=1S/C13H14ClN3O2/c14-9-3-4-10(11(18)8-9)13(19)17-5-1-2-12-15-6-7-16-12/h3-4,6-8,18H,1-2,5H2,(H,15,16)(H,17,19). The lowest BCUT2D eigenvalue weighted by atomic mass is 10.2. The van der Waals surface area contributed by atoms with E-state index in [1.54, 1.807) is 18.5 Å². The number of hydrogen-bond donors (Lipinski definition) is 3. The molecule has 0 saturated heterocycles. The Morgan fingerprint density at radius 2 is 2.32 bits per heavy atom. The Kier molecular flexibility index (Phi) is 4.41. The van der Waals surface area contributed by atoms with Gasteiger partial charge in [-0.2, -0.15) is 0 Å². The monoisotopic (exact) mass is 279 g/mol. The number of benzene rings is 1. The molecule has 2 rings (SSSR count). The van der Waals surface area contributed by atoms with Crippen LogP contribution in [0.1, 0.15) is 22.6 Å². The summed E-state index contributed by atoms with van der Waals surface area (Å²) in [6, 6.07) is 4.41. The van der Waals surface area contributed by atoms with E-state index in [2.05, 4.69) is 15.3 Å². The second-order valence-corrected chi connectivity index (χ2v) is 4.49. The zero-order valence-electron chi connectivity index (χ0n) is 10.2. The van der Waals surface area contributed by atoms with Gasteiger partial charge in [0.25, 0.3) is 5.91 Å². The second kappa shape index (κ2) is 6.24. The molecule has 5 nitrogen and oxygen atoms in total. The van der Waals surface area contributed by atoms with Crippen molar-refractivity contribution in [1.82, 2.24) is 15.3 Å². The first-order valence-corrected chi connectivity index (χ1v) is 6.29. The minimum atomic E-state index is -0.311. The van der Waals surface area contributed by atoms with Gasteiger partial charge in [0.2, 0.25) is 0 Å². The highest BCUT2D eigenvalue weighted by Crippen LogP contribution is 2.21. The number of hydrogen-bond acceptors (Lipinski definition) is 3. The Hall–Kier alpha value is -2.01. The third-order valence-electron chi connectivity index (χ3n) is 2.64. The zero-order chi connectivity index (χ0) is 13.7. The van der Waals surface area contributed by atoms with Gasteiger partial charge < -0.3 is 15.4 Å². The summed E-state index contributed by atoms with van der Waals surface area (Å²) >= 11 is 5.70. The fourth-order valence-corrected chi connectivity index (χ4v) is 1.85. The Labute approximate surface area is 115 Å². The molecule has 1 aromatic heterocycles. The maximum atomic E-state index is 11.8. The maximum Gasteiger partial charge on any atom is 0.255 e. The SMILES string of the molecule is O=C(NCCCc1ncc[nH]1)c1ccc(Cl)cc1O. The molecule has 0 aliphatic heterocycles. The summed E-state index contributed by atoms with van der Waals surface area (Å²) in [6.45, 7) is 0.515. The van der Waals surface area contributed by atoms with Crippen molar-refractivity contribution in [3.63, 3.8) is 0 Å². The molecular formula is C13H14ClN3O2. The molecule has 0 atom stereocenters. The number of phenols is 1. The molecule has 0 aliphatic carbocycles. The number of imidazole rings is 1. The Morgan fingerprint density at radius 1 is 1.47 bits per heavy atom. The maximum absolute atomic E-state index is 11.8. The summed E-state index contributed by atoms with van der Waals surface area (Å²) in [7, 11) is 0. The molecule has 19 heavy (non-hydrogen) atoms. The van der Waals surface area contributed by atoms with E-state index in [0.717, 1.165) is 18.7 Å². The van der Waals surface area contributed by atoms with Gasteiger partial charge in [-0.3, -0.25) is 4.79 Å². The van der Waals surface area contributed by atoms with Gasteiger partial charge in [-0.05, 0) is 24.6 Å². The van der Waals surface area contributed by atoms with Crippen molar-refractivity contribution in [2.75, 3.05) is 6.54 Å². The molecule has 0 unspecified atom stereocenters. The van der Waals surface area contributed by atoms with Crippen molar-refractivity contribution in [2.45, 2.75) is 12.8 Å². The summed E-state index contributed by atoms with van der Waals surface area (Å²) in [5.41, 5.74) is 0.224. The summed E-state index contributed by atoms with van der Waals surface area (Å²) in [5.74, 6) is 0.466. The molecule has 0 bridgehead atoms. The minimum Gasteiger partial charge on any atom is -0.507 e. The minimum absolute atomic E-state index is 0.115. The fourth-order valence-electron chi connectivity index (χ4n) is 1.68. The number of phenolic OH excluding ortho intramolecular Hbond substituents is 1. The molecule has 0 spiro atoms. The quantitative estimate of drug-likeness (QED) is 0.734. The van der Waals surface area contributed by atoms with Gasteiger partial charge >= 0.3 is 0 Å². The van der Waals surface area contributed by atoms with Gasteiger partial charge in [0.05, 0.1) is 5.56 Å². The lowest BCUT2D eigenvalue weighted by Gasteiger charge is -2.06. The van der Waals surface area contributed by atoms with E-state index in [9.17, 15) is 9.90 Å². The predicted molar refractivity (Wildman–Crippen MR) is 72.4 cm³/mol. The highest BCUT2D eigenvalue weighted by Gasteiger charge is 2.10. The molecule has 0 saturated carbocycles. The van der Waals surface area contributed by atoms with Crippen LogP contribution in [0.25, 0.3) is 0 Å². The molecule has 2 aromatic rings. The van der Waals surface area contributed by atoms with Crippen molar-refractivity contribution in [1.29, 1.82) is 0 Å². The molecular weight excluding hydrogens is 266 g/mol. The number of aromatic hydroxyl groups is 1. The van der Waals surface area contributed by atoms with Crippen LogP contribution in [0.3, 0.4) is 0 Å². The average molecular weight is 280 g/mol. The van der Waals surface area contributed by atoms with Crippen LogP contribution in [0.2, 0.25) is 5.02 Å². The van der Waals surface area contributed by atoms with E-state index in [0.29, 0.717) is 11.6 Å². The number of aromatic amines is 1. The molecule has 6 heteroatoms. The number of carbonyl (C=O) groups excluding carboxylic acids is 1. The number of H-pyrrole nitrogens is 1. The van der Waals surface area contributed by atoms with Gasteiger partial charge in [-0.1, -0.05) is 11.6 Å². The number of nitrogens with zero attached hydrogens (tertiary/aromatic N) is 1. The number of aromatic nitrogens is 2. The highest BCUT2D eigenvalue weighted by molar-refractivity contribution is 6.30. The number of nitrogens with one attached hydrogen (secondary N) is 2. The van der Waals surface area contributed by atoms with Gasteiger partial charge in [-0.25, -0.2) is 4.98 Å². The van der Waals surface area contributed by atoms with Crippen LogP contribution < -0.4 is 5.32 Å². The van der Waals surface area contributed by atoms with E-state index in [-0.39, 0.29) is 17.2 Å². The van der Waals surface area contributed by atoms with Gasteiger partial charge in [-0.15, -0.1) is 0 Å². The fraction of sp³-hybridized carbons (Fsp3) is 0.231. The van der Waals surface area contributed by atoms with Crippen molar-refractivity contribution in [3.05, 3.63) is 47.0 Å². The molecule has 1 aromatic carbocycles. The number of amides is 1. The molecule has 1 amide bonds. The molecule has 0 fully saturated rings. The summed E-state index contributed by atoms with van der Waals surface area (Å²) in [6.07, 6.45) is 4.99. The molecule has 0 aliphatic rings. The molecule has 3 N–H and O–H groups in total. The van der Waals surface area contributed by atoms with Crippen LogP contribution in [0, 0.1) is 0 Å². The smallest absolute Gasteiger partial charge is 0.255 e. The third kappa shape index (κ3) is 3.72. The van der Waals surface area contributed by atoms with Crippen molar-refractivity contribution in [2.24, 2.45) is 0 Å². The van der Waals surface area contributed by atoms with Gasteiger partial charge in [0, 0.05) is 30.4 Å². The first kappa shape index (κ1) is 13.4. The summed E-state index contributed by atoms with van der Waals surface area (Å²) in [4.78, 5) is 18.9.